The van der Waals surface area contributed by atoms with E-state index in [-0.39, 0.29) is 5.91 Å². The molecule has 0 aliphatic heterocycles. The van der Waals surface area contributed by atoms with Gasteiger partial charge in [0, 0.05) is 28.7 Å². The first-order valence-corrected chi connectivity index (χ1v) is 7.96. The number of carbonyl (C=O) groups is 3. The van der Waals surface area contributed by atoms with E-state index in [0.29, 0.717) is 11.6 Å². The third-order valence-electron chi connectivity index (χ3n) is 4.08. The Morgan fingerprint density at radius 3 is 2.48 bits per heavy atom. The molecule has 1 aliphatic carbocycles. The van der Waals surface area contributed by atoms with Crippen molar-refractivity contribution in [1.82, 2.24) is 10.3 Å². The van der Waals surface area contributed by atoms with Crippen LogP contribution in [0.3, 0.4) is 0 Å². The van der Waals surface area contributed by atoms with Crippen molar-refractivity contribution in [2.45, 2.75) is 32.2 Å². The molecule has 134 valence electrons. The van der Waals surface area contributed by atoms with Crippen LogP contribution in [0, 0.1) is 0 Å². The molecule has 1 amide bonds. The number of rotatable bonds is 4. The Balaban J connectivity index is 0.000000326. The van der Waals surface area contributed by atoms with Gasteiger partial charge in [0.2, 0.25) is 5.91 Å². The number of H-pyrrole nitrogens is 1. The summed E-state index contributed by atoms with van der Waals surface area (Å²) in [5.74, 6) is -3.98. The molecule has 3 rings (SSSR count). The Bertz CT molecular complexity index is 800. The van der Waals surface area contributed by atoms with Gasteiger partial charge >= 0.3 is 11.9 Å². The van der Waals surface area contributed by atoms with Gasteiger partial charge < -0.3 is 26.2 Å². The zero-order valence-corrected chi connectivity index (χ0v) is 13.8. The molecule has 1 aromatic heterocycles. The summed E-state index contributed by atoms with van der Waals surface area (Å²) in [6.07, 6.45) is 5.05. The summed E-state index contributed by atoms with van der Waals surface area (Å²) >= 11 is 0. The van der Waals surface area contributed by atoms with Crippen molar-refractivity contribution in [3.8, 4) is 0 Å². The van der Waals surface area contributed by atoms with E-state index < -0.39 is 11.9 Å². The lowest BCUT2D eigenvalue weighted by Gasteiger charge is -2.25. The van der Waals surface area contributed by atoms with Gasteiger partial charge in [0.25, 0.3) is 0 Å². The minimum absolute atomic E-state index is 0.333. The molecule has 1 aromatic carbocycles. The molecule has 6 N–H and O–H groups in total. The number of nitrogens with two attached hydrogens (primary N) is 1. The van der Waals surface area contributed by atoms with Gasteiger partial charge in [-0.1, -0.05) is 6.92 Å². The Labute approximate surface area is 144 Å². The van der Waals surface area contributed by atoms with Crippen LogP contribution in [0.5, 0.6) is 0 Å². The van der Waals surface area contributed by atoms with Gasteiger partial charge in [0.05, 0.1) is 0 Å². The quantitative estimate of drug-likeness (QED) is 0.519. The highest BCUT2D eigenvalue weighted by Gasteiger charge is 2.24. The molecule has 0 fully saturated rings. The maximum atomic E-state index is 11.6. The number of carbonyl (C=O) groups excluding carboxylic acids is 1. The number of primary amides is 1. The normalized spacial score (nSPS) is 15.3. The zero-order chi connectivity index (χ0) is 18.6. The number of aromatic amines is 1. The number of carboxylic acids is 2. The highest BCUT2D eigenvalue weighted by Crippen LogP contribution is 2.32. The number of amides is 1. The summed E-state index contributed by atoms with van der Waals surface area (Å²) in [6, 6.07) is 4.18. The first-order valence-electron chi connectivity index (χ1n) is 7.96. The minimum atomic E-state index is -1.82. The number of nitrogens with one attached hydrogen (secondary N) is 2. The van der Waals surface area contributed by atoms with E-state index >= 15 is 0 Å². The van der Waals surface area contributed by atoms with E-state index in [0.717, 1.165) is 36.9 Å². The molecule has 1 unspecified atom stereocenters. The highest BCUT2D eigenvalue weighted by atomic mass is 16.4. The summed E-state index contributed by atoms with van der Waals surface area (Å²) in [5, 5.41) is 19.5. The number of hydrogen-bond acceptors (Lipinski definition) is 4. The van der Waals surface area contributed by atoms with Crippen molar-refractivity contribution >= 4 is 28.7 Å². The summed E-state index contributed by atoms with van der Waals surface area (Å²) in [4.78, 5) is 33.1. The summed E-state index contributed by atoms with van der Waals surface area (Å²) in [7, 11) is 0. The van der Waals surface area contributed by atoms with Crippen molar-refractivity contribution in [2.75, 3.05) is 6.54 Å². The average Bonchev–Trinajstić information content (AvgIpc) is 2.98. The van der Waals surface area contributed by atoms with E-state index in [1.54, 1.807) is 0 Å². The second kappa shape index (κ2) is 7.80. The van der Waals surface area contributed by atoms with E-state index in [9.17, 15) is 4.79 Å². The number of benzene rings is 1. The van der Waals surface area contributed by atoms with Gasteiger partial charge in [-0.15, -0.1) is 0 Å². The van der Waals surface area contributed by atoms with E-state index in [1.807, 2.05) is 12.1 Å². The molecule has 8 heteroatoms. The predicted octanol–water partition coefficient (Wildman–Crippen LogP) is 0.889. The first kappa shape index (κ1) is 18.5. The minimum Gasteiger partial charge on any atom is -0.473 e. The van der Waals surface area contributed by atoms with Crippen LogP contribution in [0.15, 0.2) is 18.3 Å². The van der Waals surface area contributed by atoms with E-state index in [4.69, 9.17) is 25.5 Å². The number of aromatic nitrogens is 1. The van der Waals surface area contributed by atoms with Crippen LogP contribution in [-0.2, 0) is 22.4 Å². The molecule has 0 bridgehead atoms. The van der Waals surface area contributed by atoms with Gasteiger partial charge in [0.1, 0.15) is 0 Å². The number of aliphatic carboxylic acids is 2. The largest absolute Gasteiger partial charge is 0.473 e. The van der Waals surface area contributed by atoms with Crippen molar-refractivity contribution < 1.29 is 24.6 Å². The Morgan fingerprint density at radius 2 is 1.92 bits per heavy atom. The second-order valence-electron chi connectivity index (χ2n) is 5.86. The zero-order valence-electron chi connectivity index (χ0n) is 13.8. The Hall–Kier alpha value is -2.87. The molecular formula is C17H21N3O5. The van der Waals surface area contributed by atoms with Crippen LogP contribution in [0.1, 0.15) is 34.8 Å². The van der Waals surface area contributed by atoms with Gasteiger partial charge in [-0.3, -0.25) is 4.79 Å². The third-order valence-corrected chi connectivity index (χ3v) is 4.08. The van der Waals surface area contributed by atoms with Gasteiger partial charge in [0.15, 0.2) is 0 Å². The Morgan fingerprint density at radius 1 is 1.24 bits per heavy atom. The smallest absolute Gasteiger partial charge is 0.414 e. The molecule has 0 radical (unpaired) electrons. The van der Waals surface area contributed by atoms with E-state index in [2.05, 4.69) is 23.4 Å². The van der Waals surface area contributed by atoms with Crippen LogP contribution in [0.2, 0.25) is 0 Å². The predicted molar refractivity (Wildman–Crippen MR) is 91.6 cm³/mol. The SMILES string of the molecule is CCCNC1Cc2c[nH]c3ccc(C(N)=O)c(c23)C1.O=C(O)C(=O)O. The third kappa shape index (κ3) is 4.16. The molecule has 1 atom stereocenters. The molecule has 8 nitrogen and oxygen atoms in total. The van der Waals surface area contributed by atoms with Crippen LogP contribution in [0.25, 0.3) is 10.9 Å². The molecule has 0 spiro atoms. The lowest BCUT2D eigenvalue weighted by molar-refractivity contribution is -0.159. The first-order chi connectivity index (χ1) is 11.8. The lowest BCUT2D eigenvalue weighted by atomic mass is 9.86. The van der Waals surface area contributed by atoms with Gasteiger partial charge in [-0.05, 0) is 49.1 Å². The molecular weight excluding hydrogens is 326 g/mol. The summed E-state index contributed by atoms with van der Waals surface area (Å²) < 4.78 is 0. The fourth-order valence-electron chi connectivity index (χ4n) is 3.05. The van der Waals surface area contributed by atoms with Crippen LogP contribution in [-0.4, -0.2) is 45.6 Å². The van der Waals surface area contributed by atoms with Crippen molar-refractivity contribution in [2.24, 2.45) is 5.73 Å². The van der Waals surface area contributed by atoms with E-state index in [1.165, 1.54) is 10.9 Å². The standard InChI is InChI=1S/C15H19N3O.C2H2O4/c1-2-5-17-10-6-9-8-18-13-4-3-11(15(16)19)12(7-10)14(9)13;3-1(4)2(5)6/h3-4,8,10,17-18H,2,5-7H2,1H3,(H2,16,19);(H,3,4)(H,5,6). The molecule has 2 aromatic rings. The summed E-state index contributed by atoms with van der Waals surface area (Å²) in [6.45, 7) is 3.17. The van der Waals surface area contributed by atoms with Crippen LogP contribution in [0.4, 0.5) is 0 Å². The van der Waals surface area contributed by atoms with Gasteiger partial charge in [-0.2, -0.15) is 0 Å². The van der Waals surface area contributed by atoms with Crippen LogP contribution < -0.4 is 11.1 Å². The van der Waals surface area contributed by atoms with Crippen molar-refractivity contribution in [3.05, 3.63) is 35.0 Å². The fraction of sp³-hybridized carbons (Fsp3) is 0.353. The Kier molecular flexibility index (Phi) is 5.76. The second-order valence-corrected chi connectivity index (χ2v) is 5.86. The number of carboxylic acid groups (broad SMARTS) is 2. The average molecular weight is 347 g/mol. The highest BCUT2D eigenvalue weighted by molar-refractivity contribution is 6.27. The maximum absolute atomic E-state index is 11.6. The molecule has 1 aliphatic rings. The topological polar surface area (TPSA) is 146 Å². The maximum Gasteiger partial charge on any atom is 0.414 e. The molecule has 25 heavy (non-hydrogen) atoms. The van der Waals surface area contributed by atoms with Gasteiger partial charge in [-0.25, -0.2) is 9.59 Å². The monoisotopic (exact) mass is 347 g/mol. The lowest BCUT2D eigenvalue weighted by Crippen LogP contribution is -2.36. The van der Waals surface area contributed by atoms with Crippen molar-refractivity contribution in [1.29, 1.82) is 0 Å². The fourth-order valence-corrected chi connectivity index (χ4v) is 3.05. The van der Waals surface area contributed by atoms with Crippen molar-refractivity contribution in [3.63, 3.8) is 0 Å². The molecule has 1 heterocycles. The van der Waals surface area contributed by atoms with Crippen LogP contribution >= 0.6 is 0 Å². The molecule has 0 saturated heterocycles. The number of hydrogen-bond donors (Lipinski definition) is 5. The summed E-state index contributed by atoms with van der Waals surface area (Å²) in [5.41, 5.74) is 9.65. The molecule has 0 saturated carbocycles.